The Balaban J connectivity index is 1.61. The minimum Gasteiger partial charge on any atom is -0.489 e. The summed E-state index contributed by atoms with van der Waals surface area (Å²) in [5.74, 6) is 2.08. The second-order valence-electron chi connectivity index (χ2n) is 10.4. The van der Waals surface area contributed by atoms with Gasteiger partial charge in [-0.05, 0) is 67.3 Å². The lowest BCUT2D eigenvalue weighted by Gasteiger charge is -2.41. The van der Waals surface area contributed by atoms with Crippen molar-refractivity contribution in [2.75, 3.05) is 24.5 Å². The smallest absolute Gasteiger partial charge is 0.239 e. The molecule has 0 aromatic heterocycles. The number of likely N-dealkylation sites (tertiary alicyclic amines) is 1. The van der Waals surface area contributed by atoms with Crippen molar-refractivity contribution in [1.29, 1.82) is 0 Å². The van der Waals surface area contributed by atoms with Crippen molar-refractivity contribution in [3.05, 3.63) is 60.2 Å². The number of carbonyl (C=O) groups excluding carboxylic acids is 1. The number of amides is 1. The molecule has 0 radical (unpaired) electrons. The molecule has 1 fully saturated rings. The maximum Gasteiger partial charge on any atom is 0.239 e. The van der Waals surface area contributed by atoms with E-state index in [2.05, 4.69) is 69.0 Å². The summed E-state index contributed by atoms with van der Waals surface area (Å²) in [6, 6.07) is 18.8. The summed E-state index contributed by atoms with van der Waals surface area (Å²) in [6.07, 6.45) is 3.84. The zero-order chi connectivity index (χ0) is 24.5. The van der Waals surface area contributed by atoms with Crippen molar-refractivity contribution >= 4 is 11.6 Å². The molecule has 1 amide bonds. The van der Waals surface area contributed by atoms with Crippen molar-refractivity contribution in [3.63, 3.8) is 0 Å². The lowest BCUT2D eigenvalue weighted by molar-refractivity contribution is -0.134. The number of hydrogen-bond acceptors (Lipinski definition) is 4. The molecule has 1 aliphatic rings. The van der Waals surface area contributed by atoms with Crippen molar-refractivity contribution in [3.8, 4) is 5.75 Å². The Hall–Kier alpha value is -2.53. The molecule has 1 atom stereocenters. The Bertz CT molecular complexity index is 859. The van der Waals surface area contributed by atoms with Gasteiger partial charge in [-0.25, -0.2) is 0 Å². The molecule has 186 valence electrons. The summed E-state index contributed by atoms with van der Waals surface area (Å²) in [4.78, 5) is 17.3. The van der Waals surface area contributed by atoms with Crippen LogP contribution < -0.4 is 15.4 Å². The third kappa shape index (κ3) is 7.76. The summed E-state index contributed by atoms with van der Waals surface area (Å²) < 4.78 is 5.99. The summed E-state index contributed by atoms with van der Waals surface area (Å²) in [5.41, 5.74) is 8.57. The number of nitrogens with two attached hydrogens (primary N) is 1. The fourth-order valence-corrected chi connectivity index (χ4v) is 4.64. The predicted octanol–water partition coefficient (Wildman–Crippen LogP) is 5.48. The van der Waals surface area contributed by atoms with Gasteiger partial charge in [0.2, 0.25) is 5.91 Å². The zero-order valence-corrected chi connectivity index (χ0v) is 21.5. The number of anilines is 1. The minimum atomic E-state index is -0.378. The normalized spacial score (nSPS) is 15.6. The van der Waals surface area contributed by atoms with Gasteiger partial charge in [-0.2, -0.15) is 0 Å². The summed E-state index contributed by atoms with van der Waals surface area (Å²) >= 11 is 0. The molecule has 5 nitrogen and oxygen atoms in total. The number of piperidine rings is 1. The molecular weight excluding hydrogens is 422 g/mol. The van der Waals surface area contributed by atoms with Gasteiger partial charge in [-0.1, -0.05) is 58.0 Å². The van der Waals surface area contributed by atoms with Gasteiger partial charge in [0.05, 0.1) is 6.04 Å². The van der Waals surface area contributed by atoms with E-state index in [1.165, 1.54) is 11.3 Å². The molecule has 3 rings (SSSR count). The van der Waals surface area contributed by atoms with Crippen molar-refractivity contribution in [2.24, 2.45) is 17.6 Å². The fourth-order valence-electron chi connectivity index (χ4n) is 4.64. The van der Waals surface area contributed by atoms with E-state index in [-0.39, 0.29) is 11.9 Å². The maximum absolute atomic E-state index is 12.8. The Morgan fingerprint density at radius 1 is 1.00 bits per heavy atom. The Morgan fingerprint density at radius 2 is 1.65 bits per heavy atom. The Morgan fingerprint density at radius 3 is 2.24 bits per heavy atom. The van der Waals surface area contributed by atoms with Crippen LogP contribution in [0.5, 0.6) is 5.75 Å². The number of carbonyl (C=O) groups is 1. The number of benzene rings is 2. The average Bonchev–Trinajstić information content (AvgIpc) is 2.83. The lowest BCUT2D eigenvalue weighted by atomic mass is 9.98. The summed E-state index contributed by atoms with van der Waals surface area (Å²) in [6.45, 7) is 11.9. The highest BCUT2D eigenvalue weighted by atomic mass is 16.5. The van der Waals surface area contributed by atoms with E-state index in [4.69, 9.17) is 10.5 Å². The van der Waals surface area contributed by atoms with E-state index in [0.717, 1.165) is 51.1 Å². The van der Waals surface area contributed by atoms with Crippen LogP contribution in [0.3, 0.4) is 0 Å². The molecule has 5 heteroatoms. The molecule has 0 unspecified atom stereocenters. The highest BCUT2D eigenvalue weighted by Crippen LogP contribution is 2.27. The van der Waals surface area contributed by atoms with Crippen molar-refractivity contribution in [2.45, 2.75) is 72.1 Å². The molecule has 1 aliphatic heterocycles. The number of hydrogen-bond donors (Lipinski definition) is 1. The van der Waals surface area contributed by atoms with Crippen LogP contribution in [0.25, 0.3) is 0 Å². The van der Waals surface area contributed by atoms with Gasteiger partial charge < -0.3 is 20.3 Å². The lowest BCUT2D eigenvalue weighted by Crippen LogP contribution is -2.51. The van der Waals surface area contributed by atoms with Crippen molar-refractivity contribution in [1.82, 2.24) is 4.90 Å². The molecule has 1 saturated heterocycles. The minimum absolute atomic E-state index is 0.112. The molecule has 0 spiro atoms. The highest BCUT2D eigenvalue weighted by molar-refractivity contribution is 5.81. The quantitative estimate of drug-likeness (QED) is 0.477. The first-order valence-corrected chi connectivity index (χ1v) is 12.9. The molecule has 2 aromatic rings. The topological polar surface area (TPSA) is 58.8 Å². The predicted molar refractivity (Wildman–Crippen MR) is 141 cm³/mol. The van der Waals surface area contributed by atoms with E-state index >= 15 is 0 Å². The molecule has 34 heavy (non-hydrogen) atoms. The first-order valence-electron chi connectivity index (χ1n) is 12.9. The summed E-state index contributed by atoms with van der Waals surface area (Å²) in [7, 11) is 0. The van der Waals surface area contributed by atoms with Gasteiger partial charge in [-0.15, -0.1) is 0 Å². The van der Waals surface area contributed by atoms with Crippen LogP contribution in [0.2, 0.25) is 0 Å². The number of ether oxygens (including phenoxy) is 1. The molecule has 2 aromatic carbocycles. The van der Waals surface area contributed by atoms with E-state index in [9.17, 15) is 4.79 Å². The van der Waals surface area contributed by atoms with Gasteiger partial charge in [0.25, 0.3) is 0 Å². The van der Waals surface area contributed by atoms with E-state index in [0.29, 0.717) is 24.5 Å². The Kier molecular flexibility index (Phi) is 9.82. The van der Waals surface area contributed by atoms with Crippen LogP contribution in [0.15, 0.2) is 54.6 Å². The van der Waals surface area contributed by atoms with Gasteiger partial charge in [0, 0.05) is 31.4 Å². The fraction of sp³-hybridized carbons (Fsp3) is 0.552. The van der Waals surface area contributed by atoms with Crippen LogP contribution in [0.4, 0.5) is 5.69 Å². The van der Waals surface area contributed by atoms with Crippen LogP contribution >= 0.6 is 0 Å². The van der Waals surface area contributed by atoms with Crippen molar-refractivity contribution < 1.29 is 9.53 Å². The van der Waals surface area contributed by atoms with Gasteiger partial charge >= 0.3 is 0 Å². The Labute approximate surface area is 206 Å². The highest BCUT2D eigenvalue weighted by Gasteiger charge is 2.29. The number of rotatable bonds is 11. The van der Waals surface area contributed by atoms with Crippen LogP contribution in [0.1, 0.15) is 58.9 Å². The number of nitrogens with zero attached hydrogens (tertiary/aromatic N) is 2. The largest absolute Gasteiger partial charge is 0.489 e. The maximum atomic E-state index is 12.8. The van der Waals surface area contributed by atoms with E-state index in [1.807, 2.05) is 23.1 Å². The second-order valence-corrected chi connectivity index (χ2v) is 10.4. The third-order valence-electron chi connectivity index (χ3n) is 6.62. The second kappa shape index (κ2) is 12.8. The SMILES string of the molecule is CC(C)CCN(c1ccc(OCc2ccccc2)cc1)C1CCN(C(=O)[C@H](N)CC(C)C)CC1. The first-order chi connectivity index (χ1) is 16.3. The molecule has 0 saturated carbocycles. The zero-order valence-electron chi connectivity index (χ0n) is 21.5. The monoisotopic (exact) mass is 465 g/mol. The van der Waals surface area contributed by atoms with Crippen LogP contribution in [0, 0.1) is 11.8 Å². The van der Waals surface area contributed by atoms with Gasteiger partial charge in [0.1, 0.15) is 12.4 Å². The molecular formula is C29H43N3O2. The van der Waals surface area contributed by atoms with E-state index < -0.39 is 0 Å². The molecule has 2 N–H and O–H groups in total. The molecule has 0 bridgehead atoms. The average molecular weight is 466 g/mol. The third-order valence-corrected chi connectivity index (χ3v) is 6.62. The van der Waals surface area contributed by atoms with Crippen LogP contribution in [-0.4, -0.2) is 42.5 Å². The van der Waals surface area contributed by atoms with Gasteiger partial charge in [-0.3, -0.25) is 4.79 Å². The molecule has 1 heterocycles. The molecule has 0 aliphatic carbocycles. The first kappa shape index (κ1) is 26.1. The standard InChI is InChI=1S/C29H43N3O2/c1-22(2)14-19-32(26-15-17-31(18-16-26)29(33)28(30)20-23(3)4)25-10-12-27(13-11-25)34-21-24-8-6-5-7-9-24/h5-13,22-23,26,28H,14-21,30H2,1-4H3/t28-/m1/s1. The van der Waals surface area contributed by atoms with Crippen LogP contribution in [-0.2, 0) is 11.4 Å². The van der Waals surface area contributed by atoms with Gasteiger partial charge in [0.15, 0.2) is 0 Å². The summed E-state index contributed by atoms with van der Waals surface area (Å²) in [5, 5.41) is 0. The van der Waals surface area contributed by atoms with E-state index in [1.54, 1.807) is 0 Å².